The normalized spacial score (nSPS) is 28.0. The predicted octanol–water partition coefficient (Wildman–Crippen LogP) is 0.490. The highest BCUT2D eigenvalue weighted by Crippen LogP contribution is 2.25. The van der Waals surface area contributed by atoms with Gasteiger partial charge in [-0.15, -0.1) is 0 Å². The van der Waals surface area contributed by atoms with Gasteiger partial charge in [0, 0.05) is 36.9 Å². The molecule has 1 aliphatic heterocycles. The minimum Gasteiger partial charge on any atom is -0.305 e. The molecular weight excluding hydrogens is 210 g/mol. The van der Waals surface area contributed by atoms with Crippen molar-refractivity contribution in [2.75, 3.05) is 32.6 Å². The molecule has 0 N–H and O–H groups in total. The first kappa shape index (κ1) is 12.7. The number of nitrogens with zero attached hydrogens (tertiary/aromatic N) is 1. The molecule has 1 rings (SSSR count). The summed E-state index contributed by atoms with van der Waals surface area (Å²) in [6, 6.07) is 0. The first-order valence-corrected chi connectivity index (χ1v) is 7.78. The lowest BCUT2D eigenvalue weighted by atomic mass is 9.91. The molecule has 15 heavy (non-hydrogen) atoms. The van der Waals surface area contributed by atoms with Crippen LogP contribution >= 0.6 is 0 Å². The molecule has 4 heteroatoms. The third-order valence-electron chi connectivity index (χ3n) is 2.91. The minimum atomic E-state index is -2.05. The second kappa shape index (κ2) is 4.66. The largest absolute Gasteiger partial charge is 0.305 e. The average molecular weight is 231 g/mol. The second-order valence-corrected chi connectivity index (χ2v) is 7.68. The fourth-order valence-electron chi connectivity index (χ4n) is 2.19. The van der Waals surface area contributed by atoms with Gasteiger partial charge < -0.3 is 4.90 Å². The summed E-state index contributed by atoms with van der Waals surface area (Å²) in [5.74, 6) is 0.558. The molecule has 0 amide bonds. The van der Waals surface area contributed by atoms with E-state index in [2.05, 4.69) is 11.8 Å². The van der Waals surface area contributed by atoms with Gasteiger partial charge in [0.25, 0.3) is 0 Å². The molecule has 0 aliphatic carbocycles. The maximum Gasteiger partial charge on any atom is 0.168 e. The molecule has 1 heterocycles. The smallest absolute Gasteiger partial charge is 0.168 e. The lowest BCUT2D eigenvalue weighted by Gasteiger charge is -2.13. The summed E-state index contributed by atoms with van der Waals surface area (Å²) in [6.07, 6.45) is 4.25. The number of hydrogen-bond acceptors (Lipinski definition) is 3. The Hall–Kier alpha value is -0.350. The van der Waals surface area contributed by atoms with Gasteiger partial charge in [-0.05, 0) is 22.5 Å². The quantitative estimate of drug-likeness (QED) is 0.663. The average Bonchev–Trinajstić information content (AvgIpc) is 2.43. The van der Waals surface area contributed by atoms with Crippen molar-refractivity contribution in [1.82, 2.24) is 4.90 Å². The standard InChI is InChI=1S/C11H21NO2S/c1-5-9-6-12(2)7-10(9)11(13)8-15(3,4)14/h8-10H,5-7H2,1-4H3. The second-order valence-electron chi connectivity index (χ2n) is 4.83. The van der Waals surface area contributed by atoms with E-state index < -0.39 is 9.52 Å². The zero-order chi connectivity index (χ0) is 11.6. The summed E-state index contributed by atoms with van der Waals surface area (Å²) in [7, 11) is -0.0201. The maximum absolute atomic E-state index is 11.9. The molecule has 1 saturated heterocycles. The van der Waals surface area contributed by atoms with Crippen molar-refractivity contribution in [1.29, 1.82) is 0 Å². The Morgan fingerprint density at radius 2 is 2.07 bits per heavy atom. The molecule has 0 spiro atoms. The van der Waals surface area contributed by atoms with E-state index in [4.69, 9.17) is 0 Å². The van der Waals surface area contributed by atoms with E-state index >= 15 is 0 Å². The van der Waals surface area contributed by atoms with Crippen LogP contribution in [-0.2, 0) is 14.3 Å². The molecule has 0 saturated carbocycles. The van der Waals surface area contributed by atoms with Crippen LogP contribution in [0.2, 0.25) is 0 Å². The first-order chi connectivity index (χ1) is 6.83. The number of carbonyl (C=O) groups excluding carboxylic acids is 1. The van der Waals surface area contributed by atoms with Gasteiger partial charge in [0.15, 0.2) is 5.78 Å². The van der Waals surface area contributed by atoms with E-state index in [-0.39, 0.29) is 11.7 Å². The van der Waals surface area contributed by atoms with Crippen molar-refractivity contribution in [3.63, 3.8) is 0 Å². The zero-order valence-electron chi connectivity index (χ0n) is 10.0. The lowest BCUT2D eigenvalue weighted by Crippen LogP contribution is -2.25. The minimum absolute atomic E-state index is 0.0562. The Labute approximate surface area is 92.9 Å². The van der Waals surface area contributed by atoms with Gasteiger partial charge in [0.05, 0.1) is 0 Å². The molecular formula is C11H21NO2S. The highest BCUT2D eigenvalue weighted by Gasteiger charge is 2.33. The number of likely N-dealkylation sites (tertiary alicyclic amines) is 1. The van der Waals surface area contributed by atoms with Crippen molar-refractivity contribution in [3.05, 3.63) is 0 Å². The molecule has 0 aromatic carbocycles. The third kappa shape index (κ3) is 3.61. The number of carbonyl (C=O) groups is 1. The van der Waals surface area contributed by atoms with Crippen molar-refractivity contribution in [2.45, 2.75) is 13.3 Å². The molecule has 0 aromatic rings. The van der Waals surface area contributed by atoms with E-state index in [1.165, 1.54) is 5.37 Å². The van der Waals surface area contributed by atoms with Crippen LogP contribution in [0.3, 0.4) is 0 Å². The molecule has 2 atom stereocenters. The highest BCUT2D eigenvalue weighted by atomic mass is 32.2. The Balaban J connectivity index is 2.80. The lowest BCUT2D eigenvalue weighted by molar-refractivity contribution is -0.116. The van der Waals surface area contributed by atoms with Gasteiger partial charge in [-0.3, -0.25) is 9.00 Å². The SMILES string of the molecule is CCC1CN(C)CC1C(=O)C=S(C)(C)=O. The fraction of sp³-hybridized carbons (Fsp3) is 0.818. The topological polar surface area (TPSA) is 37.4 Å². The number of hydrogen-bond donors (Lipinski definition) is 0. The van der Waals surface area contributed by atoms with Gasteiger partial charge in [-0.1, -0.05) is 13.3 Å². The van der Waals surface area contributed by atoms with Crippen LogP contribution in [0, 0.1) is 11.8 Å². The first-order valence-electron chi connectivity index (χ1n) is 5.35. The molecule has 0 radical (unpaired) electrons. The predicted molar refractivity (Wildman–Crippen MR) is 65.8 cm³/mol. The van der Waals surface area contributed by atoms with Crippen molar-refractivity contribution in [2.24, 2.45) is 11.8 Å². The summed E-state index contributed by atoms with van der Waals surface area (Å²) in [6.45, 7) is 3.90. The van der Waals surface area contributed by atoms with Gasteiger partial charge in [0.2, 0.25) is 0 Å². The van der Waals surface area contributed by atoms with E-state index in [1.54, 1.807) is 12.5 Å². The monoisotopic (exact) mass is 231 g/mol. The van der Waals surface area contributed by atoms with Crippen LogP contribution in [0.25, 0.3) is 0 Å². The molecule has 3 nitrogen and oxygen atoms in total. The van der Waals surface area contributed by atoms with Crippen molar-refractivity contribution < 1.29 is 9.00 Å². The Morgan fingerprint density at radius 3 is 2.53 bits per heavy atom. The van der Waals surface area contributed by atoms with Crippen molar-refractivity contribution >= 4 is 20.7 Å². The van der Waals surface area contributed by atoms with E-state index in [0.717, 1.165) is 19.5 Å². The third-order valence-corrected chi connectivity index (χ3v) is 3.71. The summed E-state index contributed by atoms with van der Waals surface area (Å²) in [5.41, 5.74) is 0. The summed E-state index contributed by atoms with van der Waals surface area (Å²) >= 11 is 0. The van der Waals surface area contributed by atoms with Crippen LogP contribution < -0.4 is 0 Å². The molecule has 88 valence electrons. The number of Topliss-reactive ketones (excluding diaryl/α,β-unsaturated/α-hetero) is 1. The Morgan fingerprint density at radius 1 is 1.47 bits per heavy atom. The van der Waals surface area contributed by atoms with Gasteiger partial charge in [0.1, 0.15) is 0 Å². The van der Waals surface area contributed by atoms with Crippen LogP contribution in [0.1, 0.15) is 13.3 Å². The maximum atomic E-state index is 11.9. The van der Waals surface area contributed by atoms with E-state index in [0.29, 0.717) is 5.92 Å². The van der Waals surface area contributed by atoms with Crippen molar-refractivity contribution in [3.8, 4) is 0 Å². The van der Waals surface area contributed by atoms with Gasteiger partial charge >= 0.3 is 0 Å². The van der Waals surface area contributed by atoms with Crippen LogP contribution in [-0.4, -0.2) is 52.9 Å². The summed E-state index contributed by atoms with van der Waals surface area (Å²) < 4.78 is 11.5. The zero-order valence-corrected chi connectivity index (χ0v) is 10.8. The Kier molecular flexibility index (Phi) is 3.95. The molecule has 2 unspecified atom stereocenters. The van der Waals surface area contributed by atoms with Gasteiger partial charge in [-0.2, -0.15) is 0 Å². The Bertz CT molecular complexity index is 348. The molecule has 0 aromatic heterocycles. The van der Waals surface area contributed by atoms with E-state index in [9.17, 15) is 9.00 Å². The molecule has 1 aliphatic rings. The van der Waals surface area contributed by atoms with Crippen LogP contribution in [0.5, 0.6) is 0 Å². The van der Waals surface area contributed by atoms with Crippen LogP contribution in [0.4, 0.5) is 0 Å². The fourth-order valence-corrected chi connectivity index (χ4v) is 2.92. The van der Waals surface area contributed by atoms with E-state index in [1.807, 2.05) is 7.05 Å². The molecule has 1 fully saturated rings. The number of ketones is 1. The summed E-state index contributed by atoms with van der Waals surface area (Å²) in [4.78, 5) is 14.1. The summed E-state index contributed by atoms with van der Waals surface area (Å²) in [5, 5.41) is 1.43. The molecule has 0 bridgehead atoms. The van der Waals surface area contributed by atoms with Gasteiger partial charge in [-0.25, -0.2) is 0 Å². The van der Waals surface area contributed by atoms with Crippen LogP contribution in [0.15, 0.2) is 0 Å². The highest BCUT2D eigenvalue weighted by molar-refractivity contribution is 8.01. The number of rotatable bonds is 3.